The third-order valence-corrected chi connectivity index (χ3v) is 3.58. The summed E-state index contributed by atoms with van der Waals surface area (Å²) in [4.78, 5) is 0. The molecule has 0 aliphatic rings. The van der Waals surface area contributed by atoms with E-state index in [9.17, 15) is 4.39 Å². The van der Waals surface area contributed by atoms with E-state index in [4.69, 9.17) is 0 Å². The first-order valence-electron chi connectivity index (χ1n) is 5.96. The van der Waals surface area contributed by atoms with Gasteiger partial charge in [-0.25, -0.2) is 4.39 Å². The molecule has 0 fully saturated rings. The van der Waals surface area contributed by atoms with Gasteiger partial charge in [-0.15, -0.1) is 5.10 Å². The lowest BCUT2D eigenvalue weighted by molar-refractivity contribution is 0.618. The van der Waals surface area contributed by atoms with Crippen LogP contribution >= 0.6 is 15.9 Å². The first kappa shape index (κ1) is 12.9. The number of rotatable bonds is 2. The lowest BCUT2D eigenvalue weighted by atomic mass is 10.1. The van der Waals surface area contributed by atoms with Crippen molar-refractivity contribution >= 4 is 15.9 Å². The molecule has 0 spiro atoms. The number of aromatic nitrogens is 4. The summed E-state index contributed by atoms with van der Waals surface area (Å²) in [6.07, 6.45) is 0. The SMILES string of the molecule is Cc1cc(F)c(Br)cc1-n1nnnc1-c1ccccc1. The van der Waals surface area contributed by atoms with Crippen LogP contribution in [0.1, 0.15) is 5.56 Å². The molecule has 20 heavy (non-hydrogen) atoms. The minimum absolute atomic E-state index is 0.305. The van der Waals surface area contributed by atoms with Gasteiger partial charge in [-0.1, -0.05) is 30.3 Å². The molecule has 100 valence electrons. The first-order chi connectivity index (χ1) is 9.66. The molecule has 6 heteroatoms. The summed E-state index contributed by atoms with van der Waals surface area (Å²) < 4.78 is 15.5. The predicted molar refractivity (Wildman–Crippen MR) is 77.0 cm³/mol. The van der Waals surface area contributed by atoms with E-state index in [1.807, 2.05) is 37.3 Å². The Labute approximate surface area is 123 Å². The normalized spacial score (nSPS) is 10.8. The highest BCUT2D eigenvalue weighted by Crippen LogP contribution is 2.26. The van der Waals surface area contributed by atoms with Crippen LogP contribution in [-0.2, 0) is 0 Å². The lowest BCUT2D eigenvalue weighted by Gasteiger charge is -2.09. The smallest absolute Gasteiger partial charge is 0.187 e. The standard InChI is InChI=1S/C14H10BrFN4/c1-9-7-12(16)11(15)8-13(9)20-14(17-18-19-20)10-5-3-2-4-6-10/h2-8H,1H3. The monoisotopic (exact) mass is 332 g/mol. The van der Waals surface area contributed by atoms with Crippen molar-refractivity contribution in [2.24, 2.45) is 0 Å². The Kier molecular flexibility index (Phi) is 3.31. The average Bonchev–Trinajstić information content (AvgIpc) is 2.93. The van der Waals surface area contributed by atoms with Crippen LogP contribution in [0.3, 0.4) is 0 Å². The third kappa shape index (κ3) is 2.22. The molecule has 1 heterocycles. The number of hydrogen-bond acceptors (Lipinski definition) is 3. The maximum Gasteiger partial charge on any atom is 0.187 e. The van der Waals surface area contributed by atoms with Crippen molar-refractivity contribution in [3.8, 4) is 17.1 Å². The van der Waals surface area contributed by atoms with Crippen LogP contribution in [0, 0.1) is 12.7 Å². The molecule has 1 aromatic heterocycles. The molecule has 3 aromatic rings. The van der Waals surface area contributed by atoms with Gasteiger partial charge >= 0.3 is 0 Å². The van der Waals surface area contributed by atoms with Gasteiger partial charge in [0, 0.05) is 5.56 Å². The van der Waals surface area contributed by atoms with Gasteiger partial charge < -0.3 is 0 Å². The van der Waals surface area contributed by atoms with Crippen LogP contribution in [0.4, 0.5) is 4.39 Å². The molecular weight excluding hydrogens is 323 g/mol. The van der Waals surface area contributed by atoms with Gasteiger partial charge in [-0.3, -0.25) is 0 Å². The summed E-state index contributed by atoms with van der Waals surface area (Å²) >= 11 is 3.19. The molecular formula is C14H10BrFN4. The summed E-state index contributed by atoms with van der Waals surface area (Å²) in [5.41, 5.74) is 2.40. The van der Waals surface area contributed by atoms with Crippen LogP contribution in [0.15, 0.2) is 46.9 Å². The Morgan fingerprint density at radius 1 is 1.15 bits per heavy atom. The van der Waals surface area contributed by atoms with Crippen molar-refractivity contribution in [1.29, 1.82) is 0 Å². The minimum atomic E-state index is -0.305. The van der Waals surface area contributed by atoms with Crippen molar-refractivity contribution in [2.45, 2.75) is 6.92 Å². The van der Waals surface area contributed by atoms with Crippen LogP contribution in [-0.4, -0.2) is 20.2 Å². The highest BCUT2D eigenvalue weighted by molar-refractivity contribution is 9.10. The fourth-order valence-corrected chi connectivity index (χ4v) is 2.31. The van der Waals surface area contributed by atoms with Gasteiger partial charge in [0.1, 0.15) is 5.82 Å². The summed E-state index contributed by atoms with van der Waals surface area (Å²) in [5.74, 6) is 0.313. The van der Waals surface area contributed by atoms with Gasteiger partial charge in [-0.05, 0) is 51.0 Å². The Bertz CT molecular complexity index is 755. The van der Waals surface area contributed by atoms with E-state index in [2.05, 4.69) is 31.5 Å². The molecule has 4 nitrogen and oxygen atoms in total. The van der Waals surface area contributed by atoms with Crippen LogP contribution in [0.25, 0.3) is 17.1 Å². The highest BCUT2D eigenvalue weighted by Gasteiger charge is 2.14. The fraction of sp³-hybridized carbons (Fsp3) is 0.0714. The second kappa shape index (κ2) is 5.13. The Morgan fingerprint density at radius 3 is 2.65 bits per heavy atom. The summed E-state index contributed by atoms with van der Waals surface area (Å²) in [6, 6.07) is 12.7. The molecule has 0 aliphatic carbocycles. The largest absolute Gasteiger partial charge is 0.206 e. The van der Waals surface area contributed by atoms with E-state index in [-0.39, 0.29) is 5.82 Å². The van der Waals surface area contributed by atoms with Crippen molar-refractivity contribution in [3.63, 3.8) is 0 Å². The van der Waals surface area contributed by atoms with E-state index < -0.39 is 0 Å². The van der Waals surface area contributed by atoms with Crippen molar-refractivity contribution in [2.75, 3.05) is 0 Å². The van der Waals surface area contributed by atoms with Crippen LogP contribution in [0.2, 0.25) is 0 Å². The zero-order valence-electron chi connectivity index (χ0n) is 10.6. The van der Waals surface area contributed by atoms with Crippen molar-refractivity contribution in [1.82, 2.24) is 20.2 Å². The molecule has 0 aliphatic heterocycles. The second-order valence-electron chi connectivity index (χ2n) is 4.33. The summed E-state index contributed by atoms with van der Waals surface area (Å²) in [6.45, 7) is 1.82. The quantitative estimate of drug-likeness (QED) is 0.720. The molecule has 3 rings (SSSR count). The molecule has 2 aromatic carbocycles. The highest BCUT2D eigenvalue weighted by atomic mass is 79.9. The van der Waals surface area contributed by atoms with Gasteiger partial charge in [0.25, 0.3) is 0 Å². The molecule has 0 saturated carbocycles. The van der Waals surface area contributed by atoms with E-state index in [1.165, 1.54) is 6.07 Å². The van der Waals surface area contributed by atoms with Gasteiger partial charge in [-0.2, -0.15) is 4.68 Å². The molecule has 0 bridgehead atoms. The number of halogens is 2. The third-order valence-electron chi connectivity index (χ3n) is 2.97. The zero-order chi connectivity index (χ0) is 14.1. The second-order valence-corrected chi connectivity index (χ2v) is 5.19. The van der Waals surface area contributed by atoms with E-state index >= 15 is 0 Å². The number of nitrogens with zero attached hydrogens (tertiary/aromatic N) is 4. The Morgan fingerprint density at radius 2 is 1.90 bits per heavy atom. The fourth-order valence-electron chi connectivity index (χ4n) is 1.98. The van der Waals surface area contributed by atoms with Gasteiger partial charge in [0.2, 0.25) is 0 Å². The van der Waals surface area contributed by atoms with E-state index in [1.54, 1.807) is 10.7 Å². The maximum atomic E-state index is 13.5. The van der Waals surface area contributed by atoms with E-state index in [0.29, 0.717) is 10.3 Å². The molecule has 0 amide bonds. The minimum Gasteiger partial charge on any atom is -0.206 e. The predicted octanol–water partition coefficient (Wildman–Crippen LogP) is 3.54. The summed E-state index contributed by atoms with van der Waals surface area (Å²) in [7, 11) is 0. The summed E-state index contributed by atoms with van der Waals surface area (Å²) in [5, 5.41) is 11.8. The van der Waals surface area contributed by atoms with Gasteiger partial charge in [0.05, 0.1) is 10.2 Å². The van der Waals surface area contributed by atoms with Gasteiger partial charge in [0.15, 0.2) is 5.82 Å². The first-order valence-corrected chi connectivity index (χ1v) is 6.76. The molecule has 0 N–H and O–H groups in total. The lowest BCUT2D eigenvalue weighted by Crippen LogP contribution is -2.03. The molecule has 0 unspecified atom stereocenters. The van der Waals surface area contributed by atoms with Crippen molar-refractivity contribution < 1.29 is 4.39 Å². The number of hydrogen-bond donors (Lipinski definition) is 0. The number of tetrazole rings is 1. The van der Waals surface area contributed by atoms with Crippen molar-refractivity contribution in [3.05, 3.63) is 58.3 Å². The Balaban J connectivity index is 2.18. The molecule has 0 atom stereocenters. The zero-order valence-corrected chi connectivity index (χ0v) is 12.2. The molecule has 0 radical (unpaired) electrons. The maximum absolute atomic E-state index is 13.5. The average molecular weight is 333 g/mol. The van der Waals surface area contributed by atoms with E-state index in [0.717, 1.165) is 16.8 Å². The number of aryl methyl sites for hydroxylation is 1. The van der Waals surface area contributed by atoms with Crippen LogP contribution < -0.4 is 0 Å². The molecule has 0 saturated heterocycles. The van der Waals surface area contributed by atoms with Crippen LogP contribution in [0.5, 0.6) is 0 Å². The Hall–Kier alpha value is -2.08. The topological polar surface area (TPSA) is 43.6 Å². The number of benzene rings is 2.